The molecule has 0 atom stereocenters. The summed E-state index contributed by atoms with van der Waals surface area (Å²) < 4.78 is 1.91. The van der Waals surface area contributed by atoms with Crippen molar-refractivity contribution < 1.29 is 0 Å². The molecule has 1 heterocycles. The van der Waals surface area contributed by atoms with Crippen LogP contribution in [-0.4, -0.2) is 15.0 Å². The minimum Gasteiger partial charge on any atom is -0.208 e. The molecule has 0 unspecified atom stereocenters. The monoisotopic (exact) mass is 653 g/mol. The molecular weight excluding hydrogens is 622 g/mol. The van der Waals surface area contributed by atoms with Crippen molar-refractivity contribution in [2.24, 2.45) is 0 Å². The topological polar surface area (TPSA) is 38.7 Å². The van der Waals surface area contributed by atoms with Crippen molar-refractivity contribution in [1.29, 1.82) is 0 Å². The van der Waals surface area contributed by atoms with Crippen LogP contribution in [0.2, 0.25) is 0 Å². The van der Waals surface area contributed by atoms with Gasteiger partial charge in [0.25, 0.3) is 0 Å². The van der Waals surface area contributed by atoms with Crippen LogP contribution in [0.1, 0.15) is 52.7 Å². The lowest BCUT2D eigenvalue weighted by Gasteiger charge is -2.26. The maximum absolute atomic E-state index is 4.91. The van der Waals surface area contributed by atoms with Gasteiger partial charge in [-0.1, -0.05) is 146 Å². The molecule has 0 amide bonds. The van der Waals surface area contributed by atoms with Crippen LogP contribution in [-0.2, 0) is 10.8 Å². The second-order valence-corrected chi connectivity index (χ2v) is 14.0. The van der Waals surface area contributed by atoms with Gasteiger partial charge in [0.1, 0.15) is 0 Å². The number of hydrogen-bond acceptors (Lipinski definition) is 3. The maximum Gasteiger partial charge on any atom is 0.164 e. The fraction of sp³-hybridized carbons (Fsp3) is 0.229. The molecular formula is C35H33Br2N3. The van der Waals surface area contributed by atoms with Crippen LogP contribution in [0.5, 0.6) is 0 Å². The third-order valence-corrected chi connectivity index (χ3v) is 7.85. The summed E-state index contributed by atoms with van der Waals surface area (Å²) in [6.07, 6.45) is 0. The molecule has 0 N–H and O–H groups in total. The van der Waals surface area contributed by atoms with Crippen molar-refractivity contribution in [1.82, 2.24) is 15.0 Å². The number of nitrogens with zero attached hydrogens (tertiary/aromatic N) is 3. The Morgan fingerprint density at radius 3 is 1.32 bits per heavy atom. The molecule has 0 bridgehead atoms. The van der Waals surface area contributed by atoms with Crippen molar-refractivity contribution in [3.8, 4) is 45.3 Å². The van der Waals surface area contributed by atoms with Crippen LogP contribution < -0.4 is 0 Å². The van der Waals surface area contributed by atoms with Gasteiger partial charge < -0.3 is 0 Å². The molecule has 0 radical (unpaired) electrons. The van der Waals surface area contributed by atoms with Gasteiger partial charge in [-0.25, -0.2) is 15.0 Å². The summed E-state index contributed by atoms with van der Waals surface area (Å²) in [6, 6.07) is 31.7. The zero-order chi connectivity index (χ0) is 28.7. The molecule has 0 aliphatic heterocycles. The van der Waals surface area contributed by atoms with E-state index < -0.39 is 0 Å². The fourth-order valence-corrected chi connectivity index (χ4v) is 5.80. The SMILES string of the molecule is CC(C)(C)c1cc(-c2ccc(-c3nc(-c4ccccc4)nc(-c4cc(Br)cc(Br)c4)n3)cc2)cc(C(C)(C)C)c1. The Hall–Kier alpha value is -3.15. The molecule has 0 fully saturated rings. The molecule has 0 saturated carbocycles. The Balaban J connectivity index is 1.61. The molecule has 202 valence electrons. The Kier molecular flexibility index (Phi) is 7.82. The Labute approximate surface area is 254 Å². The Bertz CT molecular complexity index is 1610. The normalized spacial score (nSPS) is 12.0. The van der Waals surface area contributed by atoms with Crippen LogP contribution in [0.15, 0.2) is 99.9 Å². The van der Waals surface area contributed by atoms with E-state index in [9.17, 15) is 0 Å². The number of hydrogen-bond donors (Lipinski definition) is 0. The molecule has 4 aromatic carbocycles. The molecule has 0 aliphatic carbocycles. The Morgan fingerprint density at radius 1 is 0.425 bits per heavy atom. The first-order valence-corrected chi connectivity index (χ1v) is 15.0. The third-order valence-electron chi connectivity index (χ3n) is 6.93. The van der Waals surface area contributed by atoms with Crippen LogP contribution in [0, 0.1) is 0 Å². The second kappa shape index (κ2) is 11.0. The minimum atomic E-state index is 0.0620. The standard InChI is InChI=1S/C35H33Br2N3/c1-34(2,3)27-16-25(17-28(20-27)35(4,5)6)22-12-14-24(15-13-22)32-38-31(23-10-8-7-9-11-23)39-33(40-32)26-18-29(36)21-30(37)19-26/h7-21H,1-6H3. The number of rotatable bonds is 4. The lowest BCUT2D eigenvalue weighted by molar-refractivity contribution is 0.569. The van der Waals surface area contributed by atoms with E-state index in [2.05, 4.69) is 116 Å². The molecule has 5 heteroatoms. The van der Waals surface area contributed by atoms with E-state index >= 15 is 0 Å². The summed E-state index contributed by atoms with van der Waals surface area (Å²) in [6.45, 7) is 13.6. The summed E-state index contributed by atoms with van der Waals surface area (Å²) >= 11 is 7.20. The Morgan fingerprint density at radius 2 is 0.850 bits per heavy atom. The smallest absolute Gasteiger partial charge is 0.164 e. The van der Waals surface area contributed by atoms with Gasteiger partial charge in [-0.05, 0) is 51.3 Å². The highest BCUT2D eigenvalue weighted by molar-refractivity contribution is 9.11. The van der Waals surface area contributed by atoms with E-state index in [1.54, 1.807) is 0 Å². The summed E-state index contributed by atoms with van der Waals surface area (Å²) in [7, 11) is 0. The van der Waals surface area contributed by atoms with Gasteiger partial charge in [0.05, 0.1) is 0 Å². The van der Waals surface area contributed by atoms with E-state index in [1.165, 1.54) is 22.3 Å². The van der Waals surface area contributed by atoms with Gasteiger partial charge in [-0.15, -0.1) is 0 Å². The van der Waals surface area contributed by atoms with Crippen molar-refractivity contribution in [2.45, 2.75) is 52.4 Å². The second-order valence-electron chi connectivity index (χ2n) is 12.2. The molecule has 5 rings (SSSR count). The first-order valence-electron chi connectivity index (χ1n) is 13.4. The van der Waals surface area contributed by atoms with Crippen LogP contribution in [0.25, 0.3) is 45.3 Å². The van der Waals surface area contributed by atoms with Gasteiger partial charge in [0, 0.05) is 25.6 Å². The number of halogens is 2. The van der Waals surface area contributed by atoms with Gasteiger partial charge in [-0.3, -0.25) is 0 Å². The predicted molar refractivity (Wildman–Crippen MR) is 174 cm³/mol. The fourth-order valence-electron chi connectivity index (χ4n) is 4.51. The predicted octanol–water partition coefficient (Wildman–Crippen LogP) is 10.7. The molecule has 5 aromatic rings. The highest BCUT2D eigenvalue weighted by Crippen LogP contribution is 2.35. The third kappa shape index (κ3) is 6.42. The van der Waals surface area contributed by atoms with Gasteiger partial charge in [-0.2, -0.15) is 0 Å². The molecule has 0 spiro atoms. The van der Waals surface area contributed by atoms with Crippen LogP contribution in [0.4, 0.5) is 0 Å². The van der Waals surface area contributed by atoms with Crippen molar-refractivity contribution >= 4 is 31.9 Å². The van der Waals surface area contributed by atoms with E-state index in [0.29, 0.717) is 17.5 Å². The largest absolute Gasteiger partial charge is 0.208 e. The first-order chi connectivity index (χ1) is 18.9. The average Bonchev–Trinajstić information content (AvgIpc) is 2.91. The number of aromatic nitrogens is 3. The molecule has 0 aliphatic rings. The van der Waals surface area contributed by atoms with Gasteiger partial charge in [0.15, 0.2) is 17.5 Å². The zero-order valence-corrected chi connectivity index (χ0v) is 26.9. The van der Waals surface area contributed by atoms with Gasteiger partial charge >= 0.3 is 0 Å². The van der Waals surface area contributed by atoms with E-state index in [0.717, 1.165) is 25.6 Å². The van der Waals surface area contributed by atoms with Crippen molar-refractivity contribution in [3.63, 3.8) is 0 Å². The zero-order valence-electron chi connectivity index (χ0n) is 23.8. The molecule has 3 nitrogen and oxygen atoms in total. The highest BCUT2D eigenvalue weighted by Gasteiger charge is 2.21. The number of benzene rings is 4. The summed E-state index contributed by atoms with van der Waals surface area (Å²) in [5.74, 6) is 1.92. The van der Waals surface area contributed by atoms with Gasteiger partial charge in [0.2, 0.25) is 0 Å². The average molecular weight is 655 g/mol. The minimum absolute atomic E-state index is 0.0620. The summed E-state index contributed by atoms with van der Waals surface area (Å²) in [4.78, 5) is 14.7. The summed E-state index contributed by atoms with van der Waals surface area (Å²) in [5, 5.41) is 0. The van der Waals surface area contributed by atoms with Crippen LogP contribution in [0.3, 0.4) is 0 Å². The maximum atomic E-state index is 4.91. The van der Waals surface area contributed by atoms with Crippen molar-refractivity contribution in [2.75, 3.05) is 0 Å². The molecule has 0 saturated heterocycles. The highest BCUT2D eigenvalue weighted by atomic mass is 79.9. The summed E-state index contributed by atoms with van der Waals surface area (Å²) in [5.41, 5.74) is 8.01. The molecule has 40 heavy (non-hydrogen) atoms. The van der Waals surface area contributed by atoms with E-state index in [1.807, 2.05) is 48.5 Å². The van der Waals surface area contributed by atoms with Crippen molar-refractivity contribution in [3.05, 3.63) is 111 Å². The van der Waals surface area contributed by atoms with Crippen LogP contribution >= 0.6 is 31.9 Å². The molecule has 1 aromatic heterocycles. The first kappa shape index (κ1) is 28.4. The quantitative estimate of drug-likeness (QED) is 0.193. The van der Waals surface area contributed by atoms with E-state index in [-0.39, 0.29) is 10.8 Å². The van der Waals surface area contributed by atoms with E-state index in [4.69, 9.17) is 15.0 Å². The lowest BCUT2D eigenvalue weighted by atomic mass is 9.79. The lowest BCUT2D eigenvalue weighted by Crippen LogP contribution is -2.16.